The molecule has 0 saturated carbocycles. The fourth-order valence-corrected chi connectivity index (χ4v) is 10.5. The van der Waals surface area contributed by atoms with Crippen molar-refractivity contribution in [1.82, 2.24) is 0 Å². The van der Waals surface area contributed by atoms with Crippen LogP contribution in [0.15, 0.2) is 227 Å². The van der Waals surface area contributed by atoms with Gasteiger partial charge in [0.15, 0.2) is 0 Å². The molecule has 0 saturated heterocycles. The van der Waals surface area contributed by atoms with Crippen LogP contribution in [0, 0.1) is 13.8 Å². The maximum absolute atomic E-state index is 3.74. The van der Waals surface area contributed by atoms with Gasteiger partial charge in [-0.05, 0) is 165 Å². The van der Waals surface area contributed by atoms with E-state index in [1.54, 1.807) is 0 Å². The molecule has 0 N–H and O–H groups in total. The van der Waals surface area contributed by atoms with Crippen molar-refractivity contribution < 1.29 is 0 Å². The molecule has 0 aliphatic carbocycles. The second-order valence-corrected chi connectivity index (χ2v) is 19.2. The van der Waals surface area contributed by atoms with Gasteiger partial charge in [-0.3, -0.25) is 0 Å². The Hall–Kier alpha value is -7.24. The minimum absolute atomic E-state index is 1.04. The number of aryl methyl sites for hydroxylation is 2. The van der Waals surface area contributed by atoms with E-state index in [-0.39, 0.29) is 0 Å². The van der Waals surface area contributed by atoms with Crippen molar-refractivity contribution in [1.29, 1.82) is 0 Å². The van der Waals surface area contributed by atoms with Crippen molar-refractivity contribution in [3.63, 3.8) is 0 Å². The van der Waals surface area contributed by atoms with E-state index in [4.69, 9.17) is 0 Å². The number of hydrogen-bond donors (Lipinski definition) is 0. The molecular weight excluding hydrogens is 933 g/mol. The van der Waals surface area contributed by atoms with E-state index in [1.807, 2.05) is 0 Å². The van der Waals surface area contributed by atoms with Crippen molar-refractivity contribution >= 4 is 120 Å². The van der Waals surface area contributed by atoms with Crippen LogP contribution in [-0.2, 0) is 0 Å². The Balaban J connectivity index is 1.25. The monoisotopic (exact) mass is 972 g/mol. The number of benzene rings is 12. The molecule has 12 rings (SSSR count). The minimum atomic E-state index is 1.04. The molecule has 0 unspecified atom stereocenters. The Labute approximate surface area is 401 Å². The summed E-state index contributed by atoms with van der Waals surface area (Å²) in [5.41, 5.74) is 13.8. The Morgan fingerprint density at radius 1 is 0.303 bits per heavy atom. The van der Waals surface area contributed by atoms with Crippen LogP contribution in [0.25, 0.3) is 76.1 Å². The number of rotatable bonds is 8. The van der Waals surface area contributed by atoms with Crippen LogP contribution in [0.4, 0.5) is 34.1 Å². The van der Waals surface area contributed by atoms with Gasteiger partial charge in [-0.15, -0.1) is 0 Å². The summed E-state index contributed by atoms with van der Waals surface area (Å²) >= 11 is 7.47. The second kappa shape index (κ2) is 16.3. The molecule has 0 aromatic heterocycles. The fraction of sp³-hybridized carbons (Fsp3) is 0.0323. The zero-order valence-electron chi connectivity index (χ0n) is 36.4. The molecule has 12 aromatic carbocycles. The Morgan fingerprint density at radius 2 is 0.636 bits per heavy atom. The number of halogens is 2. The smallest absolute Gasteiger partial charge is 0.0546 e. The fourth-order valence-electron chi connectivity index (χ4n) is 9.94. The van der Waals surface area contributed by atoms with Gasteiger partial charge in [0.2, 0.25) is 0 Å². The molecule has 0 bridgehead atoms. The molecule has 0 aliphatic rings. The third kappa shape index (κ3) is 7.00. The molecule has 2 nitrogen and oxygen atoms in total. The molecule has 0 spiro atoms. The quantitative estimate of drug-likeness (QED) is 0.140. The molecule has 4 heteroatoms. The highest BCUT2D eigenvalue weighted by molar-refractivity contribution is 9.10. The Bertz CT molecular complexity index is 3440. The van der Waals surface area contributed by atoms with Crippen molar-refractivity contribution in [3.05, 3.63) is 238 Å². The first kappa shape index (κ1) is 40.3. The van der Waals surface area contributed by atoms with Crippen LogP contribution in [0.2, 0.25) is 0 Å². The molecule has 0 amide bonds. The van der Waals surface area contributed by atoms with E-state index in [0.717, 1.165) is 43.1 Å². The summed E-state index contributed by atoms with van der Waals surface area (Å²) in [5, 5.41) is 12.2. The van der Waals surface area contributed by atoms with Crippen molar-refractivity contribution in [2.45, 2.75) is 13.8 Å². The summed E-state index contributed by atoms with van der Waals surface area (Å²) < 4.78 is 2.08. The van der Waals surface area contributed by atoms with E-state index in [9.17, 15) is 0 Å². The number of hydrogen-bond acceptors (Lipinski definition) is 2. The maximum Gasteiger partial charge on any atom is 0.0546 e. The lowest BCUT2D eigenvalue weighted by molar-refractivity contribution is 1.28. The second-order valence-electron chi connectivity index (χ2n) is 17.4. The third-order valence-corrected chi connectivity index (χ3v) is 14.3. The number of nitrogens with zero attached hydrogens (tertiary/aromatic N) is 2. The van der Waals surface area contributed by atoms with Crippen LogP contribution >= 0.6 is 31.9 Å². The summed E-state index contributed by atoms with van der Waals surface area (Å²) in [7, 11) is 0. The van der Waals surface area contributed by atoms with E-state index in [0.29, 0.717) is 0 Å². The Morgan fingerprint density at radius 3 is 1.02 bits per heavy atom. The third-order valence-electron chi connectivity index (χ3n) is 13.2. The lowest BCUT2D eigenvalue weighted by Crippen LogP contribution is -2.12. The van der Waals surface area contributed by atoms with Gasteiger partial charge >= 0.3 is 0 Å². The molecule has 66 heavy (non-hydrogen) atoms. The topological polar surface area (TPSA) is 6.48 Å². The van der Waals surface area contributed by atoms with Crippen LogP contribution in [-0.4, -0.2) is 0 Å². The number of fused-ring (bicyclic) bond motifs is 2. The van der Waals surface area contributed by atoms with E-state index in [2.05, 4.69) is 274 Å². The molecule has 314 valence electrons. The Kier molecular flexibility index (Phi) is 9.96. The van der Waals surface area contributed by atoms with Crippen LogP contribution in [0.1, 0.15) is 11.1 Å². The van der Waals surface area contributed by atoms with Crippen LogP contribution in [0.5, 0.6) is 0 Å². The molecular formula is C62H42Br2N2. The van der Waals surface area contributed by atoms with Crippen LogP contribution in [0.3, 0.4) is 0 Å². The van der Waals surface area contributed by atoms with Gasteiger partial charge in [0.05, 0.1) is 11.4 Å². The minimum Gasteiger partial charge on any atom is -0.310 e. The predicted octanol–water partition coefficient (Wildman–Crippen LogP) is 19.3. The summed E-state index contributed by atoms with van der Waals surface area (Å²) in [5.74, 6) is 0. The average Bonchev–Trinajstić information content (AvgIpc) is 3.35. The standard InChI is InChI=1S/C62H42Br2N2/c1-39-11-23-49(24-12-39)65(51-27-19-47(63)20-28-51)59-37-57(45-17-15-41-7-3-5-9-43(41)35-45)53-32-34-56-60(66(50-25-13-40(2)14-26-50)52-29-21-48(64)22-30-52)38-58(54-31-33-55(59)61(53)62(54)56)46-18-16-42-8-4-6-10-44(42)36-46/h3-38H,1-2H3. The van der Waals surface area contributed by atoms with Gasteiger partial charge in [-0.25, -0.2) is 0 Å². The first-order valence-corrected chi connectivity index (χ1v) is 23.9. The summed E-state index contributed by atoms with van der Waals surface area (Å²) in [6, 6.07) is 80.8. The highest BCUT2D eigenvalue weighted by atomic mass is 79.9. The molecule has 0 fully saturated rings. The van der Waals surface area contributed by atoms with Gasteiger partial charge < -0.3 is 9.80 Å². The normalized spacial score (nSPS) is 11.6. The van der Waals surface area contributed by atoms with Crippen molar-refractivity contribution in [2.75, 3.05) is 9.80 Å². The zero-order valence-corrected chi connectivity index (χ0v) is 39.6. The summed E-state index contributed by atoms with van der Waals surface area (Å²) in [6.07, 6.45) is 0. The van der Waals surface area contributed by atoms with Gasteiger partial charge in [0, 0.05) is 53.2 Å². The van der Waals surface area contributed by atoms with E-state index < -0.39 is 0 Å². The first-order valence-electron chi connectivity index (χ1n) is 22.4. The summed E-state index contributed by atoms with van der Waals surface area (Å²) in [6.45, 7) is 4.31. The van der Waals surface area contributed by atoms with Gasteiger partial charge in [0.1, 0.15) is 0 Å². The molecule has 0 heterocycles. The predicted molar refractivity (Wildman–Crippen MR) is 290 cm³/mol. The largest absolute Gasteiger partial charge is 0.310 e. The van der Waals surface area contributed by atoms with Gasteiger partial charge in [0.25, 0.3) is 0 Å². The molecule has 0 aliphatic heterocycles. The summed E-state index contributed by atoms with van der Waals surface area (Å²) in [4.78, 5) is 4.88. The van der Waals surface area contributed by atoms with Gasteiger partial charge in [-0.2, -0.15) is 0 Å². The maximum atomic E-state index is 3.74. The van der Waals surface area contributed by atoms with E-state index in [1.165, 1.54) is 87.2 Å². The zero-order chi connectivity index (χ0) is 44.5. The number of anilines is 6. The van der Waals surface area contributed by atoms with Crippen molar-refractivity contribution in [2.24, 2.45) is 0 Å². The first-order chi connectivity index (χ1) is 32.3. The lowest BCUT2D eigenvalue weighted by atomic mass is 9.84. The molecule has 0 radical (unpaired) electrons. The van der Waals surface area contributed by atoms with E-state index >= 15 is 0 Å². The van der Waals surface area contributed by atoms with Crippen molar-refractivity contribution in [3.8, 4) is 22.3 Å². The van der Waals surface area contributed by atoms with Gasteiger partial charge in [-0.1, -0.05) is 164 Å². The highest BCUT2D eigenvalue weighted by Crippen LogP contribution is 2.52. The average molecular weight is 975 g/mol. The molecule has 0 atom stereocenters. The highest BCUT2D eigenvalue weighted by Gasteiger charge is 2.26. The lowest BCUT2D eigenvalue weighted by Gasteiger charge is -2.31. The van der Waals surface area contributed by atoms with Crippen LogP contribution < -0.4 is 9.80 Å². The molecule has 12 aromatic rings. The SMILES string of the molecule is Cc1ccc(N(c2ccc(Br)cc2)c2cc(-c3ccc4ccccc4c3)c3ccc4c(N(c5ccc(C)cc5)c5ccc(Br)cc5)cc(-c5ccc6ccccc6c5)c5ccc2c3c54)cc1.